The first-order valence-corrected chi connectivity index (χ1v) is 11.8. The molecular weight excluding hydrogens is 422 g/mol. The lowest BCUT2D eigenvalue weighted by Crippen LogP contribution is -2.38. The fourth-order valence-corrected chi connectivity index (χ4v) is 5.29. The van der Waals surface area contributed by atoms with Crippen LogP contribution in [0.5, 0.6) is 0 Å². The number of hydrogen-bond acceptors (Lipinski definition) is 5. The van der Waals surface area contributed by atoms with Gasteiger partial charge in [0.05, 0.1) is 16.8 Å². The van der Waals surface area contributed by atoms with E-state index in [9.17, 15) is 9.59 Å². The molecule has 0 radical (unpaired) electrons. The van der Waals surface area contributed by atoms with Crippen LogP contribution in [-0.4, -0.2) is 43.2 Å². The van der Waals surface area contributed by atoms with Crippen LogP contribution in [0.1, 0.15) is 46.9 Å². The van der Waals surface area contributed by atoms with Gasteiger partial charge in [0.25, 0.3) is 5.91 Å². The van der Waals surface area contributed by atoms with Crippen LogP contribution in [0.25, 0.3) is 10.2 Å². The molecule has 2 aromatic carbocycles. The molecule has 5 rings (SSSR count). The van der Waals surface area contributed by atoms with E-state index in [1.54, 1.807) is 9.25 Å². The first-order chi connectivity index (χ1) is 15.6. The normalized spacial score (nSPS) is 14.8. The largest absolute Gasteiger partial charge is 0.346 e. The number of nitrogens with zero attached hydrogens (tertiary/aromatic N) is 5. The maximum Gasteiger partial charge on any atom is 0.346 e. The number of carbonyl (C=O) groups is 1. The highest BCUT2D eigenvalue weighted by atomic mass is 32.1. The summed E-state index contributed by atoms with van der Waals surface area (Å²) in [5.41, 5.74) is 1.85. The van der Waals surface area contributed by atoms with Gasteiger partial charge in [-0.15, -0.1) is 11.3 Å². The molecule has 1 fully saturated rings. The second kappa shape index (κ2) is 8.70. The lowest BCUT2D eigenvalue weighted by molar-refractivity contribution is 0.0710. The van der Waals surface area contributed by atoms with E-state index in [0.29, 0.717) is 31.2 Å². The fourth-order valence-electron chi connectivity index (χ4n) is 4.36. The van der Waals surface area contributed by atoms with Crippen molar-refractivity contribution < 1.29 is 4.79 Å². The molecule has 164 valence electrons. The van der Waals surface area contributed by atoms with Gasteiger partial charge >= 0.3 is 5.69 Å². The topological polar surface area (TPSA) is 73.0 Å². The molecule has 0 bridgehead atoms. The lowest BCUT2D eigenvalue weighted by atomic mass is 9.96. The summed E-state index contributed by atoms with van der Waals surface area (Å²) in [5.74, 6) is 0.992. The van der Waals surface area contributed by atoms with Crippen LogP contribution >= 0.6 is 11.3 Å². The number of amides is 1. The van der Waals surface area contributed by atoms with Crippen molar-refractivity contribution in [2.45, 2.75) is 38.8 Å². The van der Waals surface area contributed by atoms with Crippen LogP contribution < -0.4 is 5.69 Å². The van der Waals surface area contributed by atoms with Gasteiger partial charge in [0.2, 0.25) is 0 Å². The van der Waals surface area contributed by atoms with E-state index in [-0.39, 0.29) is 17.5 Å². The Morgan fingerprint density at radius 1 is 1.06 bits per heavy atom. The molecule has 1 amide bonds. The number of carbonyl (C=O) groups excluding carboxylic acids is 1. The summed E-state index contributed by atoms with van der Waals surface area (Å²) in [6.45, 7) is 4.32. The molecule has 7 nitrogen and oxygen atoms in total. The summed E-state index contributed by atoms with van der Waals surface area (Å²) in [6.07, 6.45) is 1.58. The Bertz CT molecular complexity index is 1270. The first-order valence-electron chi connectivity index (χ1n) is 11.0. The zero-order valence-corrected chi connectivity index (χ0v) is 18.8. The summed E-state index contributed by atoms with van der Waals surface area (Å²) < 4.78 is 4.37. The predicted octanol–water partition coefficient (Wildman–Crippen LogP) is 3.74. The monoisotopic (exact) mass is 447 g/mol. The Balaban J connectivity index is 1.31. The highest BCUT2D eigenvalue weighted by molar-refractivity contribution is 7.20. The second-order valence-electron chi connectivity index (χ2n) is 8.08. The highest BCUT2D eigenvalue weighted by Crippen LogP contribution is 2.29. The molecule has 0 N–H and O–H groups in total. The van der Waals surface area contributed by atoms with Crippen LogP contribution in [0.4, 0.5) is 0 Å². The van der Waals surface area contributed by atoms with E-state index >= 15 is 0 Å². The summed E-state index contributed by atoms with van der Waals surface area (Å²) in [7, 11) is 0. The quantitative estimate of drug-likeness (QED) is 0.467. The van der Waals surface area contributed by atoms with Gasteiger partial charge < -0.3 is 4.90 Å². The van der Waals surface area contributed by atoms with E-state index in [1.165, 1.54) is 11.3 Å². The third kappa shape index (κ3) is 3.86. The summed E-state index contributed by atoms with van der Waals surface area (Å²) in [4.78, 5) is 32.3. The first kappa shape index (κ1) is 20.6. The zero-order valence-electron chi connectivity index (χ0n) is 18.0. The number of para-hydroxylation sites is 1. The van der Waals surface area contributed by atoms with Crippen molar-refractivity contribution in [3.05, 3.63) is 81.5 Å². The van der Waals surface area contributed by atoms with Gasteiger partial charge in [-0.3, -0.25) is 9.36 Å². The van der Waals surface area contributed by atoms with E-state index in [0.717, 1.165) is 34.4 Å². The highest BCUT2D eigenvalue weighted by Gasteiger charge is 2.29. The van der Waals surface area contributed by atoms with Crippen LogP contribution in [0.15, 0.2) is 59.4 Å². The Morgan fingerprint density at radius 3 is 2.50 bits per heavy atom. The summed E-state index contributed by atoms with van der Waals surface area (Å²) >= 11 is 1.45. The van der Waals surface area contributed by atoms with E-state index in [2.05, 4.69) is 4.98 Å². The molecule has 1 aliphatic rings. The lowest BCUT2D eigenvalue weighted by Gasteiger charge is -2.31. The van der Waals surface area contributed by atoms with E-state index < -0.39 is 0 Å². The summed E-state index contributed by atoms with van der Waals surface area (Å²) in [5, 5.41) is 5.25. The molecule has 1 saturated heterocycles. The maximum absolute atomic E-state index is 13.0. The van der Waals surface area contributed by atoms with Gasteiger partial charge in [0.15, 0.2) is 5.01 Å². The molecule has 32 heavy (non-hydrogen) atoms. The van der Waals surface area contributed by atoms with Gasteiger partial charge in [0, 0.05) is 25.6 Å². The number of aromatic nitrogens is 4. The zero-order chi connectivity index (χ0) is 22.1. The van der Waals surface area contributed by atoms with Crippen LogP contribution in [0.2, 0.25) is 0 Å². The SMILES string of the molecule is CCn1c(C2CCN(C(=O)c3nc4ccccc4s3)CC2)nn(Cc2ccccc2)c1=O. The average molecular weight is 448 g/mol. The predicted molar refractivity (Wildman–Crippen MR) is 125 cm³/mol. The molecule has 4 aromatic rings. The maximum atomic E-state index is 13.0. The third-order valence-electron chi connectivity index (χ3n) is 6.07. The molecule has 0 saturated carbocycles. The van der Waals surface area contributed by atoms with Gasteiger partial charge in [-0.05, 0) is 37.5 Å². The van der Waals surface area contributed by atoms with Crippen LogP contribution in [0, 0.1) is 0 Å². The summed E-state index contributed by atoms with van der Waals surface area (Å²) in [6, 6.07) is 17.7. The Labute approximate surface area is 189 Å². The van der Waals surface area contributed by atoms with Crippen molar-refractivity contribution in [1.29, 1.82) is 0 Å². The Kier molecular flexibility index (Phi) is 5.61. The molecule has 0 aliphatic carbocycles. The van der Waals surface area contributed by atoms with E-state index in [1.807, 2.05) is 66.4 Å². The Hall–Kier alpha value is -3.26. The minimum Gasteiger partial charge on any atom is -0.337 e. The number of benzene rings is 2. The van der Waals surface area contributed by atoms with Crippen LogP contribution in [0.3, 0.4) is 0 Å². The van der Waals surface area contributed by atoms with Gasteiger partial charge in [-0.1, -0.05) is 42.5 Å². The van der Waals surface area contributed by atoms with E-state index in [4.69, 9.17) is 5.10 Å². The number of fused-ring (bicyclic) bond motifs is 1. The molecule has 0 spiro atoms. The molecule has 1 aliphatic heterocycles. The van der Waals surface area contributed by atoms with Crippen molar-refractivity contribution in [2.75, 3.05) is 13.1 Å². The van der Waals surface area contributed by atoms with Crippen molar-refractivity contribution in [3.8, 4) is 0 Å². The van der Waals surface area contributed by atoms with Crippen LogP contribution in [-0.2, 0) is 13.1 Å². The van der Waals surface area contributed by atoms with Gasteiger partial charge in [-0.2, -0.15) is 5.10 Å². The molecular formula is C24H25N5O2S. The number of hydrogen-bond donors (Lipinski definition) is 0. The molecule has 0 atom stereocenters. The molecule has 3 heterocycles. The number of rotatable bonds is 5. The second-order valence-corrected chi connectivity index (χ2v) is 9.11. The van der Waals surface area contributed by atoms with Gasteiger partial charge in [0.1, 0.15) is 5.82 Å². The molecule has 0 unspecified atom stereocenters. The Morgan fingerprint density at radius 2 is 1.78 bits per heavy atom. The standard InChI is InChI=1S/C24H25N5O2S/c1-2-28-21(26-29(24(28)31)16-17-8-4-3-5-9-17)18-12-14-27(15-13-18)23(30)22-25-19-10-6-7-11-20(19)32-22/h3-11,18H,2,12-16H2,1H3. The fraction of sp³-hybridized carbons (Fsp3) is 0.333. The van der Waals surface area contributed by atoms with Crippen molar-refractivity contribution >= 4 is 27.5 Å². The van der Waals surface area contributed by atoms with Crippen molar-refractivity contribution in [1.82, 2.24) is 24.2 Å². The minimum atomic E-state index is -0.0701. The molecule has 8 heteroatoms. The molecule has 2 aromatic heterocycles. The smallest absolute Gasteiger partial charge is 0.337 e. The third-order valence-corrected chi connectivity index (χ3v) is 7.09. The number of thiazole rings is 1. The number of piperidine rings is 1. The minimum absolute atomic E-state index is 0.00728. The number of likely N-dealkylation sites (tertiary alicyclic amines) is 1. The average Bonchev–Trinajstić information content (AvgIpc) is 3.40. The van der Waals surface area contributed by atoms with Crippen molar-refractivity contribution in [3.63, 3.8) is 0 Å². The van der Waals surface area contributed by atoms with Gasteiger partial charge in [-0.25, -0.2) is 14.5 Å². The van der Waals surface area contributed by atoms with Crippen molar-refractivity contribution in [2.24, 2.45) is 0 Å².